The van der Waals surface area contributed by atoms with Crippen molar-refractivity contribution >= 4 is 23.2 Å². The zero-order valence-electron chi connectivity index (χ0n) is 17.6. The third kappa shape index (κ3) is 5.81. The third-order valence-corrected chi connectivity index (χ3v) is 5.83. The Balaban J connectivity index is 2.19. The van der Waals surface area contributed by atoms with Gasteiger partial charge in [0.05, 0.1) is 23.3 Å². The monoisotopic (exact) mass is 422 g/mol. The van der Waals surface area contributed by atoms with E-state index in [2.05, 4.69) is 46.8 Å². The average Bonchev–Trinajstić information content (AvgIpc) is 2.68. The SMILES string of the molecule is CCCCOc1c(Cl)cc(C(C)(C)c2ccc(OC[C@H](C)CC)cc2)cc1Cl. The fourth-order valence-electron chi connectivity index (χ4n) is 2.87. The van der Waals surface area contributed by atoms with Gasteiger partial charge < -0.3 is 9.47 Å². The Kier molecular flexibility index (Phi) is 8.52. The molecule has 1 atom stereocenters. The van der Waals surface area contributed by atoms with E-state index in [1.54, 1.807) is 0 Å². The molecule has 0 saturated carbocycles. The molecule has 28 heavy (non-hydrogen) atoms. The number of benzene rings is 2. The maximum absolute atomic E-state index is 6.49. The smallest absolute Gasteiger partial charge is 0.156 e. The van der Waals surface area contributed by atoms with Gasteiger partial charge in [-0.05, 0) is 47.7 Å². The highest BCUT2D eigenvalue weighted by Gasteiger charge is 2.25. The van der Waals surface area contributed by atoms with Gasteiger partial charge >= 0.3 is 0 Å². The normalized spacial score (nSPS) is 12.7. The number of hydrogen-bond acceptors (Lipinski definition) is 2. The Morgan fingerprint density at radius 1 is 0.929 bits per heavy atom. The minimum atomic E-state index is -0.246. The van der Waals surface area contributed by atoms with Gasteiger partial charge in [0.15, 0.2) is 5.75 Å². The van der Waals surface area contributed by atoms with E-state index in [9.17, 15) is 0 Å². The fraction of sp³-hybridized carbons (Fsp3) is 0.500. The minimum absolute atomic E-state index is 0.246. The van der Waals surface area contributed by atoms with Crippen LogP contribution < -0.4 is 9.47 Å². The molecule has 0 amide bonds. The van der Waals surface area contributed by atoms with E-state index < -0.39 is 0 Å². The van der Waals surface area contributed by atoms with Crippen LogP contribution in [0.25, 0.3) is 0 Å². The molecule has 2 rings (SSSR count). The summed E-state index contributed by atoms with van der Waals surface area (Å²) in [5.41, 5.74) is 1.98. The quantitative estimate of drug-likeness (QED) is 0.361. The summed E-state index contributed by atoms with van der Waals surface area (Å²) in [6.45, 7) is 12.2. The highest BCUT2D eigenvalue weighted by molar-refractivity contribution is 6.37. The molecule has 0 heterocycles. The van der Waals surface area contributed by atoms with Gasteiger partial charge in [0, 0.05) is 5.41 Å². The lowest BCUT2D eigenvalue weighted by Gasteiger charge is -2.27. The van der Waals surface area contributed by atoms with Crippen molar-refractivity contribution in [1.82, 2.24) is 0 Å². The summed E-state index contributed by atoms with van der Waals surface area (Å²) in [6.07, 6.45) is 3.16. The lowest BCUT2D eigenvalue weighted by molar-refractivity contribution is 0.256. The summed E-state index contributed by atoms with van der Waals surface area (Å²) in [4.78, 5) is 0. The second kappa shape index (κ2) is 10.4. The van der Waals surface area contributed by atoms with E-state index in [0.29, 0.717) is 28.3 Å². The maximum atomic E-state index is 6.49. The highest BCUT2D eigenvalue weighted by Crippen LogP contribution is 2.40. The van der Waals surface area contributed by atoms with Crippen LogP contribution in [0.5, 0.6) is 11.5 Å². The molecular formula is C24H32Cl2O2. The van der Waals surface area contributed by atoms with Gasteiger partial charge in [-0.2, -0.15) is 0 Å². The molecule has 0 N–H and O–H groups in total. The molecule has 0 unspecified atom stereocenters. The topological polar surface area (TPSA) is 18.5 Å². The van der Waals surface area contributed by atoms with Crippen molar-refractivity contribution in [2.75, 3.05) is 13.2 Å². The van der Waals surface area contributed by atoms with Crippen LogP contribution in [0.2, 0.25) is 10.0 Å². The van der Waals surface area contributed by atoms with Crippen molar-refractivity contribution in [1.29, 1.82) is 0 Å². The molecule has 0 bridgehead atoms. The van der Waals surface area contributed by atoms with E-state index in [1.165, 1.54) is 5.56 Å². The molecule has 0 aliphatic carbocycles. The Morgan fingerprint density at radius 3 is 2.07 bits per heavy atom. The molecule has 4 heteroatoms. The van der Waals surface area contributed by atoms with Crippen molar-refractivity contribution in [3.8, 4) is 11.5 Å². The number of ether oxygens (including phenoxy) is 2. The largest absolute Gasteiger partial charge is 0.493 e. The lowest BCUT2D eigenvalue weighted by atomic mass is 9.78. The first-order valence-electron chi connectivity index (χ1n) is 10.1. The van der Waals surface area contributed by atoms with E-state index in [0.717, 1.165) is 37.2 Å². The van der Waals surface area contributed by atoms with Crippen LogP contribution in [-0.4, -0.2) is 13.2 Å². The molecule has 2 nitrogen and oxygen atoms in total. The first kappa shape index (κ1) is 22.9. The second-order valence-electron chi connectivity index (χ2n) is 7.94. The summed E-state index contributed by atoms with van der Waals surface area (Å²) < 4.78 is 11.6. The standard InChI is InChI=1S/C24H32Cl2O2/c1-6-8-13-27-23-21(25)14-19(15-22(23)26)24(4,5)18-9-11-20(12-10-18)28-16-17(3)7-2/h9-12,14-15,17H,6-8,13,16H2,1-5H3/t17-/m1/s1. The number of hydrogen-bond donors (Lipinski definition) is 0. The van der Waals surface area contributed by atoms with Crippen molar-refractivity contribution in [3.63, 3.8) is 0 Å². The van der Waals surface area contributed by atoms with Gasteiger partial charge in [-0.25, -0.2) is 0 Å². The summed E-state index contributed by atoms with van der Waals surface area (Å²) >= 11 is 13.0. The van der Waals surface area contributed by atoms with E-state index in [4.69, 9.17) is 32.7 Å². The van der Waals surface area contributed by atoms with Gasteiger partial charge in [0.1, 0.15) is 5.75 Å². The predicted octanol–water partition coefficient (Wildman–Crippen LogP) is 7.92. The fourth-order valence-corrected chi connectivity index (χ4v) is 3.46. The number of unbranched alkanes of at least 4 members (excludes halogenated alkanes) is 1. The van der Waals surface area contributed by atoms with Crippen molar-refractivity contribution in [3.05, 3.63) is 57.6 Å². The molecule has 2 aromatic carbocycles. The van der Waals surface area contributed by atoms with Crippen molar-refractivity contribution < 1.29 is 9.47 Å². The van der Waals surface area contributed by atoms with Gasteiger partial charge in [-0.3, -0.25) is 0 Å². The van der Waals surface area contributed by atoms with Crippen molar-refractivity contribution in [2.45, 2.75) is 59.3 Å². The summed E-state index contributed by atoms with van der Waals surface area (Å²) in [6, 6.07) is 12.2. The molecule has 0 aliphatic rings. The summed E-state index contributed by atoms with van der Waals surface area (Å²) in [5.74, 6) is 2.03. The van der Waals surface area contributed by atoms with Gasteiger partial charge in [0.2, 0.25) is 0 Å². The molecule has 0 aliphatic heterocycles. The minimum Gasteiger partial charge on any atom is -0.493 e. The van der Waals surface area contributed by atoms with Gasteiger partial charge in [-0.15, -0.1) is 0 Å². The van der Waals surface area contributed by atoms with Gasteiger partial charge in [-0.1, -0.05) is 82.8 Å². The maximum Gasteiger partial charge on any atom is 0.156 e. The Bertz CT molecular complexity index is 731. The lowest BCUT2D eigenvalue weighted by Crippen LogP contribution is -2.19. The van der Waals surface area contributed by atoms with Crippen molar-refractivity contribution in [2.24, 2.45) is 5.92 Å². The Hall–Kier alpha value is -1.38. The van der Waals surface area contributed by atoms with E-state index >= 15 is 0 Å². The Labute approximate surface area is 180 Å². The number of halogens is 2. The zero-order valence-corrected chi connectivity index (χ0v) is 19.2. The molecule has 0 spiro atoms. The van der Waals surface area contributed by atoms with Crippen LogP contribution in [0.1, 0.15) is 65.0 Å². The van der Waals surface area contributed by atoms with E-state index in [-0.39, 0.29) is 5.41 Å². The molecule has 0 fully saturated rings. The summed E-state index contributed by atoms with van der Waals surface area (Å²) in [5, 5.41) is 1.11. The molecule has 0 saturated heterocycles. The number of rotatable bonds is 10. The van der Waals surface area contributed by atoms with Crippen LogP contribution in [-0.2, 0) is 5.41 Å². The third-order valence-electron chi connectivity index (χ3n) is 5.27. The van der Waals surface area contributed by atoms with Crippen LogP contribution in [0.15, 0.2) is 36.4 Å². The average molecular weight is 423 g/mol. The zero-order chi connectivity index (χ0) is 20.7. The predicted molar refractivity (Wildman–Crippen MR) is 120 cm³/mol. The molecular weight excluding hydrogens is 391 g/mol. The first-order valence-corrected chi connectivity index (χ1v) is 10.9. The highest BCUT2D eigenvalue weighted by atomic mass is 35.5. The molecule has 0 aromatic heterocycles. The van der Waals surface area contributed by atoms with Crippen LogP contribution in [0.4, 0.5) is 0 Å². The second-order valence-corrected chi connectivity index (χ2v) is 8.76. The molecule has 2 aromatic rings. The van der Waals surface area contributed by atoms with Crippen LogP contribution in [0, 0.1) is 5.92 Å². The van der Waals surface area contributed by atoms with Crippen LogP contribution >= 0.6 is 23.2 Å². The molecule has 154 valence electrons. The van der Waals surface area contributed by atoms with Crippen LogP contribution in [0.3, 0.4) is 0 Å². The summed E-state index contributed by atoms with van der Waals surface area (Å²) in [7, 11) is 0. The molecule has 0 radical (unpaired) electrons. The van der Waals surface area contributed by atoms with E-state index in [1.807, 2.05) is 24.3 Å². The first-order chi connectivity index (χ1) is 13.3. The Morgan fingerprint density at radius 2 is 1.54 bits per heavy atom. The van der Waals surface area contributed by atoms with Gasteiger partial charge in [0.25, 0.3) is 0 Å².